The van der Waals surface area contributed by atoms with E-state index < -0.39 is 0 Å². The lowest BCUT2D eigenvalue weighted by molar-refractivity contribution is 0.318. The summed E-state index contributed by atoms with van der Waals surface area (Å²) in [6.07, 6.45) is 6.24. The van der Waals surface area contributed by atoms with Gasteiger partial charge in [0.05, 0.1) is 0 Å². The van der Waals surface area contributed by atoms with Crippen LogP contribution < -0.4 is 5.32 Å². The Kier molecular flexibility index (Phi) is 9.73. The largest absolute Gasteiger partial charge is 0.313 e. The Morgan fingerprint density at radius 3 is 2.07 bits per heavy atom. The Morgan fingerprint density at radius 1 is 1.07 bits per heavy atom. The highest BCUT2D eigenvalue weighted by Crippen LogP contribution is 2.19. The SMILES string of the molecule is CC#CCC(NCC)C(CCC)CCC. The van der Waals surface area contributed by atoms with E-state index in [0.717, 1.165) is 18.9 Å². The highest BCUT2D eigenvalue weighted by Gasteiger charge is 2.17. The van der Waals surface area contributed by atoms with Gasteiger partial charge in [0, 0.05) is 12.5 Å². The second-order valence-corrected chi connectivity index (χ2v) is 4.13. The summed E-state index contributed by atoms with van der Waals surface area (Å²) in [5, 5.41) is 3.58. The fourth-order valence-corrected chi connectivity index (χ4v) is 2.17. The minimum Gasteiger partial charge on any atom is -0.313 e. The van der Waals surface area contributed by atoms with Gasteiger partial charge in [0.2, 0.25) is 0 Å². The second-order valence-electron chi connectivity index (χ2n) is 4.13. The van der Waals surface area contributed by atoms with E-state index in [-0.39, 0.29) is 0 Å². The quantitative estimate of drug-likeness (QED) is 0.602. The molecule has 1 nitrogen and oxygen atoms in total. The van der Waals surface area contributed by atoms with Crippen LogP contribution >= 0.6 is 0 Å². The van der Waals surface area contributed by atoms with E-state index in [0.29, 0.717) is 6.04 Å². The second kappa shape index (κ2) is 10.1. The molecule has 0 aliphatic rings. The molecule has 0 aliphatic carbocycles. The van der Waals surface area contributed by atoms with Crippen molar-refractivity contribution >= 4 is 0 Å². The molecule has 0 fully saturated rings. The molecule has 1 unspecified atom stereocenters. The predicted molar refractivity (Wildman–Crippen MR) is 68.8 cm³/mol. The van der Waals surface area contributed by atoms with Crippen LogP contribution in [0.3, 0.4) is 0 Å². The maximum atomic E-state index is 3.58. The Morgan fingerprint density at radius 2 is 1.67 bits per heavy atom. The van der Waals surface area contributed by atoms with Crippen molar-refractivity contribution in [3.63, 3.8) is 0 Å². The third kappa shape index (κ3) is 6.57. The topological polar surface area (TPSA) is 12.0 Å². The monoisotopic (exact) mass is 209 g/mol. The van der Waals surface area contributed by atoms with Crippen molar-refractivity contribution in [2.75, 3.05) is 6.54 Å². The van der Waals surface area contributed by atoms with Crippen molar-refractivity contribution in [2.45, 2.75) is 65.8 Å². The number of hydrogen-bond donors (Lipinski definition) is 1. The maximum Gasteiger partial charge on any atom is 0.0245 e. The van der Waals surface area contributed by atoms with Gasteiger partial charge in [-0.05, 0) is 32.2 Å². The molecule has 0 aliphatic heterocycles. The van der Waals surface area contributed by atoms with E-state index in [1.807, 2.05) is 6.92 Å². The van der Waals surface area contributed by atoms with E-state index in [9.17, 15) is 0 Å². The van der Waals surface area contributed by atoms with Crippen LogP contribution in [0.4, 0.5) is 0 Å². The lowest BCUT2D eigenvalue weighted by Gasteiger charge is -2.26. The highest BCUT2D eigenvalue weighted by molar-refractivity contribution is 4.99. The first-order valence-corrected chi connectivity index (χ1v) is 6.43. The maximum absolute atomic E-state index is 3.58. The third-order valence-electron chi connectivity index (χ3n) is 2.85. The molecule has 0 saturated carbocycles. The van der Waals surface area contributed by atoms with Crippen LogP contribution in [0.1, 0.15) is 59.8 Å². The predicted octanol–water partition coefficient (Wildman–Crippen LogP) is 3.59. The third-order valence-corrected chi connectivity index (χ3v) is 2.85. The first kappa shape index (κ1) is 14.5. The van der Waals surface area contributed by atoms with E-state index in [2.05, 4.69) is 37.9 Å². The van der Waals surface area contributed by atoms with Crippen LogP contribution in [-0.2, 0) is 0 Å². The first-order chi connectivity index (χ1) is 7.29. The van der Waals surface area contributed by atoms with Crippen molar-refractivity contribution in [3.05, 3.63) is 0 Å². The van der Waals surface area contributed by atoms with Gasteiger partial charge in [-0.15, -0.1) is 11.8 Å². The fraction of sp³-hybridized carbons (Fsp3) is 0.857. The Balaban J connectivity index is 4.26. The summed E-state index contributed by atoms with van der Waals surface area (Å²) in [6, 6.07) is 0.599. The van der Waals surface area contributed by atoms with Gasteiger partial charge in [-0.25, -0.2) is 0 Å². The zero-order valence-corrected chi connectivity index (χ0v) is 10.9. The van der Waals surface area contributed by atoms with Gasteiger partial charge in [0.1, 0.15) is 0 Å². The van der Waals surface area contributed by atoms with Crippen LogP contribution in [-0.4, -0.2) is 12.6 Å². The summed E-state index contributed by atoms with van der Waals surface area (Å²) in [6.45, 7) is 9.72. The lowest BCUT2D eigenvalue weighted by Crippen LogP contribution is -2.35. The van der Waals surface area contributed by atoms with E-state index in [1.165, 1.54) is 25.7 Å². The zero-order chi connectivity index (χ0) is 11.5. The Labute approximate surface area is 96.0 Å². The number of nitrogens with one attached hydrogen (secondary N) is 1. The number of rotatable bonds is 8. The zero-order valence-electron chi connectivity index (χ0n) is 10.9. The molecule has 0 saturated heterocycles. The lowest BCUT2D eigenvalue weighted by atomic mass is 9.88. The number of hydrogen-bond acceptors (Lipinski definition) is 1. The van der Waals surface area contributed by atoms with Crippen LogP contribution in [0.15, 0.2) is 0 Å². The molecule has 0 aromatic heterocycles. The molecule has 0 heterocycles. The summed E-state index contributed by atoms with van der Waals surface area (Å²) < 4.78 is 0. The minimum absolute atomic E-state index is 0.599. The van der Waals surface area contributed by atoms with Crippen molar-refractivity contribution in [3.8, 4) is 11.8 Å². The van der Waals surface area contributed by atoms with Gasteiger partial charge in [0.25, 0.3) is 0 Å². The average molecular weight is 209 g/mol. The molecule has 0 rings (SSSR count). The van der Waals surface area contributed by atoms with Crippen LogP contribution in [0.25, 0.3) is 0 Å². The highest BCUT2D eigenvalue weighted by atomic mass is 14.9. The van der Waals surface area contributed by atoms with E-state index in [4.69, 9.17) is 0 Å². The molecular weight excluding hydrogens is 182 g/mol. The summed E-state index contributed by atoms with van der Waals surface area (Å²) in [7, 11) is 0. The summed E-state index contributed by atoms with van der Waals surface area (Å²) in [4.78, 5) is 0. The molecule has 88 valence electrons. The Bertz CT molecular complexity index is 181. The molecule has 1 heteroatoms. The smallest absolute Gasteiger partial charge is 0.0245 e. The van der Waals surface area contributed by atoms with E-state index in [1.54, 1.807) is 0 Å². The molecule has 1 atom stereocenters. The van der Waals surface area contributed by atoms with Gasteiger partial charge in [-0.3, -0.25) is 0 Å². The fourth-order valence-electron chi connectivity index (χ4n) is 2.17. The molecule has 0 amide bonds. The van der Waals surface area contributed by atoms with Crippen LogP contribution in [0, 0.1) is 17.8 Å². The van der Waals surface area contributed by atoms with Crippen molar-refractivity contribution in [1.29, 1.82) is 0 Å². The first-order valence-electron chi connectivity index (χ1n) is 6.43. The van der Waals surface area contributed by atoms with Crippen LogP contribution in [0.5, 0.6) is 0 Å². The molecule has 0 aromatic rings. The summed E-state index contributed by atoms with van der Waals surface area (Å²) in [5.74, 6) is 7.03. The summed E-state index contributed by atoms with van der Waals surface area (Å²) >= 11 is 0. The molecule has 0 spiro atoms. The molecule has 0 radical (unpaired) electrons. The van der Waals surface area contributed by atoms with Gasteiger partial charge < -0.3 is 5.32 Å². The standard InChI is InChI=1S/C14H27N/c1-5-9-12-14(15-8-4)13(10-6-2)11-7-3/h13-15H,6-8,10-12H2,1-4H3. The minimum atomic E-state index is 0.599. The molecule has 0 bridgehead atoms. The normalized spacial score (nSPS) is 12.3. The summed E-state index contributed by atoms with van der Waals surface area (Å²) in [5.41, 5.74) is 0. The van der Waals surface area contributed by atoms with Gasteiger partial charge in [-0.2, -0.15) is 0 Å². The van der Waals surface area contributed by atoms with E-state index >= 15 is 0 Å². The van der Waals surface area contributed by atoms with Crippen molar-refractivity contribution < 1.29 is 0 Å². The van der Waals surface area contributed by atoms with Crippen molar-refractivity contribution in [1.82, 2.24) is 5.32 Å². The molecule has 0 aromatic carbocycles. The average Bonchev–Trinajstić information content (AvgIpc) is 2.24. The van der Waals surface area contributed by atoms with Gasteiger partial charge >= 0.3 is 0 Å². The van der Waals surface area contributed by atoms with Crippen LogP contribution in [0.2, 0.25) is 0 Å². The molecule has 1 N–H and O–H groups in total. The van der Waals surface area contributed by atoms with Crippen molar-refractivity contribution in [2.24, 2.45) is 5.92 Å². The van der Waals surface area contributed by atoms with Gasteiger partial charge in [-0.1, -0.05) is 33.6 Å². The Hall–Kier alpha value is -0.480. The van der Waals surface area contributed by atoms with Gasteiger partial charge in [0.15, 0.2) is 0 Å². The molecule has 15 heavy (non-hydrogen) atoms. The molecular formula is C14H27N.